The van der Waals surface area contributed by atoms with Crippen molar-refractivity contribution >= 4 is 10.0 Å². The van der Waals surface area contributed by atoms with E-state index in [0.29, 0.717) is 12.1 Å². The van der Waals surface area contributed by atoms with Gasteiger partial charge in [0.05, 0.1) is 10.9 Å². The van der Waals surface area contributed by atoms with Gasteiger partial charge in [-0.1, -0.05) is 36.4 Å². The second kappa shape index (κ2) is 6.13. The van der Waals surface area contributed by atoms with Gasteiger partial charge in [-0.25, -0.2) is 12.8 Å². The molecule has 3 aromatic rings. The van der Waals surface area contributed by atoms with Crippen LogP contribution in [-0.2, 0) is 16.6 Å². The first-order valence-corrected chi connectivity index (χ1v) is 9.49. The van der Waals surface area contributed by atoms with Crippen molar-refractivity contribution in [2.24, 2.45) is 0 Å². The zero-order chi connectivity index (χ0) is 17.4. The summed E-state index contributed by atoms with van der Waals surface area (Å²) in [5, 5.41) is 0. The molecule has 0 radical (unpaired) electrons. The second-order valence-corrected chi connectivity index (χ2v) is 7.87. The number of aromatic nitrogens is 1. The van der Waals surface area contributed by atoms with E-state index in [1.165, 1.54) is 10.4 Å². The molecule has 0 spiro atoms. The van der Waals surface area contributed by atoms with E-state index in [9.17, 15) is 12.8 Å². The van der Waals surface area contributed by atoms with Gasteiger partial charge in [0.1, 0.15) is 5.82 Å². The Morgan fingerprint density at radius 1 is 0.880 bits per heavy atom. The third-order valence-corrected chi connectivity index (χ3v) is 6.42. The Morgan fingerprint density at radius 2 is 1.60 bits per heavy atom. The van der Waals surface area contributed by atoms with Crippen LogP contribution >= 0.6 is 0 Å². The van der Waals surface area contributed by atoms with Gasteiger partial charge in [-0.3, -0.25) is 0 Å². The molecular weight excluding hydrogens is 339 g/mol. The van der Waals surface area contributed by atoms with E-state index in [4.69, 9.17) is 0 Å². The minimum atomic E-state index is -3.74. The average Bonchev–Trinajstić information content (AvgIpc) is 3.11. The Bertz CT molecular complexity index is 999. The molecule has 0 saturated carbocycles. The predicted molar refractivity (Wildman–Crippen MR) is 93.0 cm³/mol. The maximum Gasteiger partial charge on any atom is 0.244 e. The molecule has 0 saturated heterocycles. The highest BCUT2D eigenvalue weighted by atomic mass is 32.2. The third kappa shape index (κ3) is 2.67. The molecule has 1 aliphatic heterocycles. The number of sulfonamides is 1. The second-order valence-electron chi connectivity index (χ2n) is 5.98. The molecule has 4 nitrogen and oxygen atoms in total. The summed E-state index contributed by atoms with van der Waals surface area (Å²) in [7, 11) is -3.74. The lowest BCUT2D eigenvalue weighted by Gasteiger charge is -2.36. The first-order valence-electron chi connectivity index (χ1n) is 8.05. The number of nitrogens with zero attached hydrogens (tertiary/aromatic N) is 2. The van der Waals surface area contributed by atoms with Crippen LogP contribution < -0.4 is 0 Å². The van der Waals surface area contributed by atoms with Gasteiger partial charge in [0, 0.05) is 30.5 Å². The summed E-state index contributed by atoms with van der Waals surface area (Å²) in [6, 6.07) is 17.7. The lowest BCUT2D eigenvalue weighted by atomic mass is 10.0. The summed E-state index contributed by atoms with van der Waals surface area (Å²) in [5.41, 5.74) is 1.14. The van der Waals surface area contributed by atoms with Crippen LogP contribution in [0.4, 0.5) is 4.39 Å². The van der Waals surface area contributed by atoms with Gasteiger partial charge in [-0.2, -0.15) is 4.31 Å². The van der Waals surface area contributed by atoms with Gasteiger partial charge >= 0.3 is 0 Å². The van der Waals surface area contributed by atoms with E-state index in [-0.39, 0.29) is 11.4 Å². The predicted octanol–water partition coefficient (Wildman–Crippen LogP) is 3.42. The molecule has 25 heavy (non-hydrogen) atoms. The monoisotopic (exact) mass is 356 g/mol. The zero-order valence-corrected chi connectivity index (χ0v) is 14.2. The fourth-order valence-electron chi connectivity index (χ4n) is 3.36. The van der Waals surface area contributed by atoms with Gasteiger partial charge in [0.25, 0.3) is 0 Å². The molecule has 2 aromatic carbocycles. The highest BCUT2D eigenvalue weighted by Gasteiger charge is 2.38. The van der Waals surface area contributed by atoms with Crippen LogP contribution in [-0.4, -0.2) is 23.8 Å². The summed E-state index contributed by atoms with van der Waals surface area (Å²) < 4.78 is 44.3. The van der Waals surface area contributed by atoms with E-state index < -0.39 is 21.9 Å². The number of rotatable bonds is 3. The molecule has 1 atom stereocenters. The van der Waals surface area contributed by atoms with E-state index in [1.54, 1.807) is 48.5 Å². The Balaban J connectivity index is 1.89. The molecule has 0 N–H and O–H groups in total. The summed E-state index contributed by atoms with van der Waals surface area (Å²) in [4.78, 5) is 0.219. The van der Waals surface area contributed by atoms with Gasteiger partial charge < -0.3 is 4.57 Å². The van der Waals surface area contributed by atoms with Crippen molar-refractivity contribution in [2.45, 2.75) is 17.5 Å². The van der Waals surface area contributed by atoms with Crippen LogP contribution in [0.15, 0.2) is 77.8 Å². The van der Waals surface area contributed by atoms with Crippen LogP contribution in [0, 0.1) is 5.82 Å². The normalized spacial score (nSPS) is 18.0. The standard InChI is InChI=1S/C19H17FN2O2S/c20-17-10-5-4-9-16(17)19-18-11-6-12-21(18)13-14-22(19)25(23,24)15-7-2-1-3-8-15/h1-12,19H,13-14H2/t19-/m1/s1. The van der Waals surface area contributed by atoms with Gasteiger partial charge in [0.15, 0.2) is 0 Å². The summed E-state index contributed by atoms with van der Waals surface area (Å²) in [6.45, 7) is 0.831. The van der Waals surface area contributed by atoms with Crippen molar-refractivity contribution < 1.29 is 12.8 Å². The molecule has 0 bridgehead atoms. The van der Waals surface area contributed by atoms with Crippen molar-refractivity contribution in [3.05, 3.63) is 90.0 Å². The van der Waals surface area contributed by atoms with Crippen molar-refractivity contribution in [3.63, 3.8) is 0 Å². The molecule has 0 fully saturated rings. The molecule has 2 heterocycles. The topological polar surface area (TPSA) is 42.3 Å². The van der Waals surface area contributed by atoms with E-state index in [2.05, 4.69) is 0 Å². The van der Waals surface area contributed by atoms with Crippen LogP contribution in [0.5, 0.6) is 0 Å². The SMILES string of the molecule is O=S(=O)(c1ccccc1)N1CCn2cccc2[C@H]1c1ccccc1F. The molecule has 6 heteroatoms. The van der Waals surface area contributed by atoms with Crippen molar-refractivity contribution in [1.82, 2.24) is 8.87 Å². The number of fused-ring (bicyclic) bond motifs is 1. The molecule has 1 aliphatic rings. The zero-order valence-electron chi connectivity index (χ0n) is 13.4. The van der Waals surface area contributed by atoms with Crippen LogP contribution in [0.3, 0.4) is 0 Å². The lowest BCUT2D eigenvalue weighted by molar-refractivity contribution is 0.293. The molecule has 0 unspecified atom stereocenters. The van der Waals surface area contributed by atoms with Gasteiger partial charge in [0.2, 0.25) is 10.0 Å². The maximum atomic E-state index is 14.5. The molecule has 1 aromatic heterocycles. The summed E-state index contributed by atoms with van der Waals surface area (Å²) in [5.74, 6) is -0.407. The molecule has 0 amide bonds. The molecule has 4 rings (SSSR count). The highest BCUT2D eigenvalue weighted by molar-refractivity contribution is 7.89. The number of hydrogen-bond acceptors (Lipinski definition) is 2. The van der Waals surface area contributed by atoms with E-state index in [0.717, 1.165) is 5.69 Å². The number of hydrogen-bond donors (Lipinski definition) is 0. The van der Waals surface area contributed by atoms with Crippen LogP contribution in [0.2, 0.25) is 0 Å². The van der Waals surface area contributed by atoms with Crippen molar-refractivity contribution in [2.75, 3.05) is 6.54 Å². The fraction of sp³-hybridized carbons (Fsp3) is 0.158. The summed E-state index contributed by atoms with van der Waals surface area (Å²) >= 11 is 0. The first kappa shape index (κ1) is 16.1. The molecular formula is C19H17FN2O2S. The lowest BCUT2D eigenvalue weighted by Crippen LogP contribution is -2.42. The first-order chi connectivity index (χ1) is 12.1. The van der Waals surface area contributed by atoms with Crippen molar-refractivity contribution in [1.29, 1.82) is 0 Å². The van der Waals surface area contributed by atoms with Crippen LogP contribution in [0.1, 0.15) is 17.3 Å². The Kier molecular flexibility index (Phi) is 3.94. The minimum absolute atomic E-state index is 0.219. The molecule has 0 aliphatic carbocycles. The Hall–Kier alpha value is -2.44. The molecule has 128 valence electrons. The highest BCUT2D eigenvalue weighted by Crippen LogP contribution is 2.37. The Morgan fingerprint density at radius 3 is 2.36 bits per heavy atom. The smallest absolute Gasteiger partial charge is 0.244 e. The van der Waals surface area contributed by atoms with E-state index in [1.807, 2.05) is 22.9 Å². The largest absolute Gasteiger partial charge is 0.348 e. The fourth-order valence-corrected chi connectivity index (χ4v) is 4.95. The van der Waals surface area contributed by atoms with Gasteiger partial charge in [-0.05, 0) is 30.3 Å². The maximum absolute atomic E-state index is 14.5. The third-order valence-electron chi connectivity index (χ3n) is 4.54. The Labute approximate surface area is 146 Å². The average molecular weight is 356 g/mol. The number of halogens is 1. The number of benzene rings is 2. The minimum Gasteiger partial charge on any atom is -0.348 e. The quantitative estimate of drug-likeness (QED) is 0.722. The van der Waals surface area contributed by atoms with E-state index >= 15 is 0 Å². The van der Waals surface area contributed by atoms with Crippen molar-refractivity contribution in [3.8, 4) is 0 Å². The van der Waals surface area contributed by atoms with Gasteiger partial charge in [-0.15, -0.1) is 0 Å². The summed E-state index contributed by atoms with van der Waals surface area (Å²) in [6.07, 6.45) is 1.90. The van der Waals surface area contributed by atoms with Crippen LogP contribution in [0.25, 0.3) is 0 Å².